The Hall–Kier alpha value is -0.570. The lowest BCUT2D eigenvalue weighted by molar-refractivity contribution is -0.123. The van der Waals surface area contributed by atoms with Crippen LogP contribution in [0, 0.1) is 11.8 Å². The van der Waals surface area contributed by atoms with E-state index in [2.05, 4.69) is 19.2 Å². The summed E-state index contributed by atoms with van der Waals surface area (Å²) in [5, 5.41) is 2.80. The highest BCUT2D eigenvalue weighted by atomic mass is 16.2. The maximum atomic E-state index is 11.3. The van der Waals surface area contributed by atoms with Crippen LogP contribution in [0.15, 0.2) is 0 Å². The molecule has 3 N–H and O–H groups in total. The molecule has 0 aromatic heterocycles. The SMILES string of the molecule is CC(C)CNC(=O)[C@H](N)C(C)C. The lowest BCUT2D eigenvalue weighted by Crippen LogP contribution is -2.44. The highest BCUT2D eigenvalue weighted by Crippen LogP contribution is 1.98. The van der Waals surface area contributed by atoms with Gasteiger partial charge in [-0.05, 0) is 11.8 Å². The standard InChI is InChI=1S/C9H20N2O/c1-6(2)5-11-9(12)8(10)7(3)4/h6-8H,5,10H2,1-4H3,(H,11,12)/t8-/m1/s1. The Bertz CT molecular complexity index is 143. The molecule has 12 heavy (non-hydrogen) atoms. The smallest absolute Gasteiger partial charge is 0.237 e. The third-order valence-electron chi connectivity index (χ3n) is 1.71. The first kappa shape index (κ1) is 11.4. The van der Waals surface area contributed by atoms with E-state index in [1.165, 1.54) is 0 Å². The molecule has 1 amide bonds. The Kier molecular flexibility index (Phi) is 4.90. The summed E-state index contributed by atoms with van der Waals surface area (Å²) in [6, 6.07) is -0.372. The maximum Gasteiger partial charge on any atom is 0.237 e. The number of rotatable bonds is 4. The fourth-order valence-electron chi connectivity index (χ4n) is 0.725. The van der Waals surface area contributed by atoms with Crippen molar-refractivity contribution in [2.45, 2.75) is 33.7 Å². The molecule has 0 bridgehead atoms. The van der Waals surface area contributed by atoms with E-state index < -0.39 is 0 Å². The Labute approximate surface area is 74.7 Å². The highest BCUT2D eigenvalue weighted by Gasteiger charge is 2.16. The van der Waals surface area contributed by atoms with Crippen LogP contribution < -0.4 is 11.1 Å². The van der Waals surface area contributed by atoms with Gasteiger partial charge in [0.15, 0.2) is 0 Å². The highest BCUT2D eigenvalue weighted by molar-refractivity contribution is 5.81. The molecule has 0 heterocycles. The monoisotopic (exact) mass is 172 g/mol. The summed E-state index contributed by atoms with van der Waals surface area (Å²) in [6.45, 7) is 8.71. The van der Waals surface area contributed by atoms with Crippen LogP contribution in [-0.2, 0) is 4.79 Å². The minimum Gasteiger partial charge on any atom is -0.354 e. The molecule has 0 aliphatic rings. The zero-order chi connectivity index (χ0) is 9.72. The van der Waals surface area contributed by atoms with Crippen molar-refractivity contribution in [3.63, 3.8) is 0 Å². The Balaban J connectivity index is 3.72. The van der Waals surface area contributed by atoms with E-state index in [4.69, 9.17) is 5.73 Å². The van der Waals surface area contributed by atoms with Gasteiger partial charge in [0.25, 0.3) is 0 Å². The fraction of sp³-hybridized carbons (Fsp3) is 0.889. The molecule has 1 atom stereocenters. The Morgan fingerprint density at radius 1 is 1.33 bits per heavy atom. The molecule has 3 heteroatoms. The minimum atomic E-state index is -0.372. The minimum absolute atomic E-state index is 0.0429. The topological polar surface area (TPSA) is 55.1 Å². The summed E-state index contributed by atoms with van der Waals surface area (Å²) < 4.78 is 0. The van der Waals surface area contributed by atoms with Crippen molar-refractivity contribution >= 4 is 5.91 Å². The van der Waals surface area contributed by atoms with Crippen LogP contribution in [-0.4, -0.2) is 18.5 Å². The van der Waals surface area contributed by atoms with Crippen LogP contribution in [0.1, 0.15) is 27.7 Å². The molecular formula is C9H20N2O. The Morgan fingerprint density at radius 3 is 2.17 bits per heavy atom. The first-order valence-corrected chi connectivity index (χ1v) is 4.48. The van der Waals surface area contributed by atoms with Gasteiger partial charge in [0.1, 0.15) is 0 Å². The summed E-state index contributed by atoms with van der Waals surface area (Å²) in [4.78, 5) is 11.3. The second-order valence-electron chi connectivity index (χ2n) is 3.91. The van der Waals surface area contributed by atoms with Crippen LogP contribution >= 0.6 is 0 Å². The zero-order valence-electron chi connectivity index (χ0n) is 8.42. The van der Waals surface area contributed by atoms with Crippen LogP contribution in [0.5, 0.6) is 0 Å². The van der Waals surface area contributed by atoms with Gasteiger partial charge in [-0.15, -0.1) is 0 Å². The molecule has 72 valence electrons. The lowest BCUT2D eigenvalue weighted by atomic mass is 10.0. The summed E-state index contributed by atoms with van der Waals surface area (Å²) in [7, 11) is 0. The average Bonchev–Trinajstić information content (AvgIpc) is 1.98. The van der Waals surface area contributed by atoms with Gasteiger partial charge >= 0.3 is 0 Å². The van der Waals surface area contributed by atoms with E-state index in [9.17, 15) is 4.79 Å². The molecule has 0 aromatic rings. The molecule has 0 unspecified atom stereocenters. The first-order chi connectivity index (χ1) is 5.45. The van der Waals surface area contributed by atoms with Crippen LogP contribution in [0.25, 0.3) is 0 Å². The largest absolute Gasteiger partial charge is 0.354 e. The summed E-state index contributed by atoms with van der Waals surface area (Å²) in [5.74, 6) is 0.643. The van der Waals surface area contributed by atoms with E-state index in [-0.39, 0.29) is 17.9 Å². The van der Waals surface area contributed by atoms with Gasteiger partial charge in [-0.2, -0.15) is 0 Å². The van der Waals surface area contributed by atoms with Gasteiger partial charge in [-0.25, -0.2) is 0 Å². The quantitative estimate of drug-likeness (QED) is 0.657. The van der Waals surface area contributed by atoms with Gasteiger partial charge < -0.3 is 11.1 Å². The molecule has 0 aliphatic carbocycles. The molecule has 0 fully saturated rings. The summed E-state index contributed by atoms with van der Waals surface area (Å²) >= 11 is 0. The van der Waals surface area contributed by atoms with Crippen molar-refractivity contribution in [1.82, 2.24) is 5.32 Å². The molecule has 0 saturated heterocycles. The normalized spacial score (nSPS) is 13.6. The molecule has 0 radical (unpaired) electrons. The van der Waals surface area contributed by atoms with Crippen LogP contribution in [0.4, 0.5) is 0 Å². The second-order valence-corrected chi connectivity index (χ2v) is 3.91. The molecule has 0 aliphatic heterocycles. The Morgan fingerprint density at radius 2 is 1.83 bits per heavy atom. The van der Waals surface area contributed by atoms with E-state index >= 15 is 0 Å². The zero-order valence-corrected chi connectivity index (χ0v) is 8.42. The lowest BCUT2D eigenvalue weighted by Gasteiger charge is -2.16. The van der Waals surface area contributed by atoms with Crippen molar-refractivity contribution in [3.05, 3.63) is 0 Å². The summed E-state index contributed by atoms with van der Waals surface area (Å²) in [6.07, 6.45) is 0. The van der Waals surface area contributed by atoms with Gasteiger partial charge in [-0.1, -0.05) is 27.7 Å². The molecule has 0 saturated carbocycles. The van der Waals surface area contributed by atoms with Crippen LogP contribution in [0.2, 0.25) is 0 Å². The number of nitrogens with two attached hydrogens (primary N) is 1. The third kappa shape index (κ3) is 4.34. The van der Waals surface area contributed by atoms with Gasteiger partial charge in [0.05, 0.1) is 6.04 Å². The fourth-order valence-corrected chi connectivity index (χ4v) is 0.725. The van der Waals surface area contributed by atoms with Crippen LogP contribution in [0.3, 0.4) is 0 Å². The predicted molar refractivity (Wildman–Crippen MR) is 50.7 cm³/mol. The number of amides is 1. The van der Waals surface area contributed by atoms with E-state index in [0.29, 0.717) is 12.5 Å². The average molecular weight is 172 g/mol. The van der Waals surface area contributed by atoms with Gasteiger partial charge in [0, 0.05) is 6.54 Å². The first-order valence-electron chi connectivity index (χ1n) is 4.48. The van der Waals surface area contributed by atoms with Gasteiger partial charge in [0.2, 0.25) is 5.91 Å². The van der Waals surface area contributed by atoms with E-state index in [1.807, 2.05) is 13.8 Å². The maximum absolute atomic E-state index is 11.3. The van der Waals surface area contributed by atoms with Crippen molar-refractivity contribution in [2.24, 2.45) is 17.6 Å². The number of nitrogens with one attached hydrogen (secondary N) is 1. The summed E-state index contributed by atoms with van der Waals surface area (Å²) in [5.41, 5.74) is 5.63. The molecule has 0 rings (SSSR count). The van der Waals surface area contributed by atoms with Gasteiger partial charge in [-0.3, -0.25) is 4.79 Å². The number of carbonyl (C=O) groups excluding carboxylic acids is 1. The van der Waals surface area contributed by atoms with Crippen molar-refractivity contribution < 1.29 is 4.79 Å². The third-order valence-corrected chi connectivity index (χ3v) is 1.71. The second kappa shape index (κ2) is 5.14. The number of hydrogen-bond acceptors (Lipinski definition) is 2. The van der Waals surface area contributed by atoms with Crippen molar-refractivity contribution in [3.8, 4) is 0 Å². The molecule has 0 aromatic carbocycles. The molecular weight excluding hydrogens is 152 g/mol. The molecule has 0 spiro atoms. The predicted octanol–water partition coefficient (Wildman–Crippen LogP) is 0.742. The number of carbonyl (C=O) groups is 1. The van der Waals surface area contributed by atoms with E-state index in [0.717, 1.165) is 0 Å². The number of hydrogen-bond donors (Lipinski definition) is 2. The molecule has 3 nitrogen and oxygen atoms in total. The van der Waals surface area contributed by atoms with Crippen molar-refractivity contribution in [2.75, 3.05) is 6.54 Å². The van der Waals surface area contributed by atoms with E-state index in [1.54, 1.807) is 0 Å². The van der Waals surface area contributed by atoms with Crippen molar-refractivity contribution in [1.29, 1.82) is 0 Å².